The number of nitrogens with one attached hydrogen (secondary N) is 1. The quantitative estimate of drug-likeness (QED) is 0.452. The lowest BCUT2D eigenvalue weighted by molar-refractivity contribution is 0.0532. The number of nitrogens with zero attached hydrogens (tertiary/aromatic N) is 2. The smallest absolute Gasteiger partial charge is 0.348 e. The molecule has 2 heterocycles. The van der Waals surface area contributed by atoms with Crippen LogP contribution < -0.4 is 10.9 Å². The summed E-state index contributed by atoms with van der Waals surface area (Å²) < 4.78 is 7.31. The fraction of sp³-hybridized carbons (Fsp3) is 0.217. The summed E-state index contributed by atoms with van der Waals surface area (Å²) in [5.74, 6) is -0.760. The number of hydrogen-bond acceptors (Lipinski definition) is 6. The van der Waals surface area contributed by atoms with Crippen LogP contribution in [0.2, 0.25) is 0 Å². The molecule has 0 fully saturated rings. The molecule has 1 amide bonds. The monoisotopic (exact) mass is 435 g/mol. The molecule has 158 valence electrons. The number of aromatic nitrogens is 2. The van der Waals surface area contributed by atoms with Crippen molar-refractivity contribution in [3.8, 4) is 0 Å². The fourth-order valence-electron chi connectivity index (χ4n) is 3.38. The van der Waals surface area contributed by atoms with Crippen LogP contribution in [0.3, 0.4) is 0 Å². The third-order valence-corrected chi connectivity index (χ3v) is 5.87. The van der Waals surface area contributed by atoms with Crippen LogP contribution in [0.4, 0.5) is 5.69 Å². The van der Waals surface area contributed by atoms with Crippen LogP contribution in [0, 0.1) is 0 Å². The molecular weight excluding hydrogens is 414 g/mol. The zero-order valence-corrected chi connectivity index (χ0v) is 18.0. The number of carbonyl (C=O) groups is 2. The van der Waals surface area contributed by atoms with Crippen molar-refractivity contribution in [3.05, 3.63) is 69.5 Å². The van der Waals surface area contributed by atoms with Gasteiger partial charge in [-0.3, -0.25) is 9.59 Å². The molecule has 2 aromatic heterocycles. The number of fused-ring (bicyclic) bond motifs is 2. The third-order valence-electron chi connectivity index (χ3n) is 4.77. The molecule has 0 saturated heterocycles. The second-order valence-corrected chi connectivity index (χ2v) is 8.04. The highest BCUT2D eigenvalue weighted by Gasteiger charge is 2.17. The summed E-state index contributed by atoms with van der Waals surface area (Å²) in [7, 11) is 0. The molecule has 0 aliphatic heterocycles. The molecular formula is C23H21N3O4S. The van der Waals surface area contributed by atoms with Crippen LogP contribution >= 0.6 is 11.3 Å². The average molecular weight is 436 g/mol. The highest BCUT2D eigenvalue weighted by molar-refractivity contribution is 7.20. The van der Waals surface area contributed by atoms with Gasteiger partial charge in [-0.2, -0.15) is 5.10 Å². The predicted octanol–water partition coefficient (Wildman–Crippen LogP) is 4.45. The van der Waals surface area contributed by atoms with Gasteiger partial charge in [-0.05, 0) is 49.1 Å². The Morgan fingerprint density at radius 3 is 2.61 bits per heavy atom. The van der Waals surface area contributed by atoms with Gasteiger partial charge < -0.3 is 10.1 Å². The molecule has 0 spiro atoms. The molecule has 1 N–H and O–H groups in total. The normalized spacial score (nSPS) is 11.0. The molecule has 0 atom stereocenters. The van der Waals surface area contributed by atoms with Gasteiger partial charge in [0.1, 0.15) is 4.88 Å². The summed E-state index contributed by atoms with van der Waals surface area (Å²) in [6, 6.07) is 14.2. The Labute approximate surface area is 182 Å². The molecule has 2 aromatic carbocycles. The van der Waals surface area contributed by atoms with Crippen molar-refractivity contribution in [2.45, 2.75) is 26.8 Å². The summed E-state index contributed by atoms with van der Waals surface area (Å²) in [6.07, 6.45) is 0.726. The molecule has 0 radical (unpaired) electrons. The number of rotatable bonds is 6. The molecule has 0 unspecified atom stereocenters. The number of benzene rings is 2. The number of ether oxygens (including phenoxy) is 1. The maximum atomic E-state index is 13.1. The van der Waals surface area contributed by atoms with Gasteiger partial charge in [-0.15, -0.1) is 11.3 Å². The van der Waals surface area contributed by atoms with Gasteiger partial charge in [-0.25, -0.2) is 9.48 Å². The maximum absolute atomic E-state index is 13.1. The van der Waals surface area contributed by atoms with Crippen molar-refractivity contribution in [2.75, 3.05) is 11.9 Å². The Morgan fingerprint density at radius 2 is 1.87 bits per heavy atom. The Bertz CT molecular complexity index is 1360. The molecule has 0 bridgehead atoms. The summed E-state index contributed by atoms with van der Waals surface area (Å²) in [5, 5.41) is 9.00. The van der Waals surface area contributed by atoms with Crippen molar-refractivity contribution < 1.29 is 14.3 Å². The van der Waals surface area contributed by atoms with Gasteiger partial charge in [0.25, 0.3) is 11.5 Å². The molecule has 31 heavy (non-hydrogen) atoms. The van der Waals surface area contributed by atoms with E-state index in [1.165, 1.54) is 16.0 Å². The van der Waals surface area contributed by atoms with Gasteiger partial charge >= 0.3 is 5.97 Å². The second-order valence-electron chi connectivity index (χ2n) is 6.96. The van der Waals surface area contributed by atoms with Crippen molar-refractivity contribution >= 4 is 49.8 Å². The van der Waals surface area contributed by atoms with Crippen LogP contribution in [-0.2, 0) is 11.3 Å². The highest BCUT2D eigenvalue weighted by Crippen LogP contribution is 2.29. The Balaban J connectivity index is 1.69. The number of aryl methyl sites for hydroxylation is 1. The largest absolute Gasteiger partial charge is 0.462 e. The average Bonchev–Trinajstić information content (AvgIpc) is 3.19. The van der Waals surface area contributed by atoms with Gasteiger partial charge in [0, 0.05) is 22.3 Å². The van der Waals surface area contributed by atoms with Gasteiger partial charge in [-0.1, -0.05) is 25.1 Å². The standard InChI is InChI=1S/C23H21N3O4S/c1-3-11-26-22(28)17-8-6-5-7-16(17)20(25-26)21(27)24-15-9-10-18-14(12-15)13-19(31-18)23(29)30-4-2/h5-10,12-13H,3-4,11H2,1-2H3,(H,24,27). The van der Waals surface area contributed by atoms with E-state index in [9.17, 15) is 14.4 Å². The zero-order chi connectivity index (χ0) is 22.0. The topological polar surface area (TPSA) is 90.3 Å². The van der Waals surface area contributed by atoms with E-state index in [-0.39, 0.29) is 17.2 Å². The first kappa shape index (κ1) is 20.7. The van der Waals surface area contributed by atoms with Crippen LogP contribution in [0.15, 0.2) is 53.3 Å². The number of hydrogen-bond donors (Lipinski definition) is 1. The van der Waals surface area contributed by atoms with Crippen LogP contribution in [-0.4, -0.2) is 28.3 Å². The molecule has 4 aromatic rings. The predicted molar refractivity (Wildman–Crippen MR) is 122 cm³/mol. The van der Waals surface area contributed by atoms with Crippen LogP contribution in [0.5, 0.6) is 0 Å². The van der Waals surface area contributed by atoms with Gasteiger partial charge in [0.05, 0.1) is 12.0 Å². The van der Waals surface area contributed by atoms with E-state index in [0.717, 1.165) is 16.5 Å². The molecule has 7 nitrogen and oxygen atoms in total. The summed E-state index contributed by atoms with van der Waals surface area (Å²) in [4.78, 5) is 38.2. The minimum absolute atomic E-state index is 0.196. The van der Waals surface area contributed by atoms with Crippen molar-refractivity contribution in [1.29, 1.82) is 0 Å². The second kappa shape index (κ2) is 8.69. The van der Waals surface area contributed by atoms with E-state index in [0.29, 0.717) is 34.5 Å². The van der Waals surface area contributed by atoms with E-state index < -0.39 is 5.91 Å². The SMILES string of the molecule is CCCn1nc(C(=O)Nc2ccc3sc(C(=O)OCC)cc3c2)c2ccccc2c1=O. The number of esters is 1. The molecule has 4 rings (SSSR count). The fourth-order valence-corrected chi connectivity index (χ4v) is 4.32. The minimum atomic E-state index is -0.402. The number of thiophene rings is 1. The molecule has 0 aliphatic carbocycles. The van der Waals surface area contributed by atoms with E-state index in [2.05, 4.69) is 10.4 Å². The van der Waals surface area contributed by atoms with Gasteiger partial charge in [0.15, 0.2) is 5.69 Å². The van der Waals surface area contributed by atoms with E-state index >= 15 is 0 Å². The Kier molecular flexibility index (Phi) is 5.81. The van der Waals surface area contributed by atoms with Gasteiger partial charge in [0.2, 0.25) is 0 Å². The maximum Gasteiger partial charge on any atom is 0.348 e. The summed E-state index contributed by atoms with van der Waals surface area (Å²) >= 11 is 1.34. The Morgan fingerprint density at radius 1 is 1.10 bits per heavy atom. The minimum Gasteiger partial charge on any atom is -0.462 e. The lowest BCUT2D eigenvalue weighted by atomic mass is 10.1. The molecule has 0 aliphatic rings. The first-order valence-electron chi connectivity index (χ1n) is 10.0. The van der Waals surface area contributed by atoms with E-state index in [4.69, 9.17) is 4.74 Å². The van der Waals surface area contributed by atoms with Crippen molar-refractivity contribution in [3.63, 3.8) is 0 Å². The highest BCUT2D eigenvalue weighted by atomic mass is 32.1. The summed E-state index contributed by atoms with van der Waals surface area (Å²) in [5.41, 5.74) is 0.561. The van der Waals surface area contributed by atoms with Crippen LogP contribution in [0.25, 0.3) is 20.9 Å². The summed E-state index contributed by atoms with van der Waals surface area (Å²) in [6.45, 7) is 4.46. The Hall–Kier alpha value is -3.52. The third kappa shape index (κ3) is 4.06. The lowest BCUT2D eigenvalue weighted by Gasteiger charge is -2.11. The number of amides is 1. The first-order chi connectivity index (χ1) is 15.0. The molecule has 0 saturated carbocycles. The zero-order valence-electron chi connectivity index (χ0n) is 17.2. The van der Waals surface area contributed by atoms with Crippen LogP contribution in [0.1, 0.15) is 40.4 Å². The molecule has 8 heteroatoms. The first-order valence-corrected chi connectivity index (χ1v) is 10.9. The number of carbonyl (C=O) groups excluding carboxylic acids is 2. The van der Waals surface area contributed by atoms with Crippen molar-refractivity contribution in [1.82, 2.24) is 9.78 Å². The lowest BCUT2D eigenvalue weighted by Crippen LogP contribution is -2.27. The van der Waals surface area contributed by atoms with E-state index in [1.54, 1.807) is 49.4 Å². The number of anilines is 1. The van der Waals surface area contributed by atoms with Crippen molar-refractivity contribution in [2.24, 2.45) is 0 Å². The van der Waals surface area contributed by atoms with E-state index in [1.807, 2.05) is 13.0 Å².